The molecule has 0 unspecified atom stereocenters. The van der Waals surface area contributed by atoms with Gasteiger partial charge < -0.3 is 10.1 Å². The summed E-state index contributed by atoms with van der Waals surface area (Å²) in [6.07, 6.45) is 1.16. The Morgan fingerprint density at radius 3 is 2.72 bits per heavy atom. The van der Waals surface area contributed by atoms with E-state index in [1.165, 1.54) is 10.3 Å². The molecule has 2 aromatic carbocycles. The minimum absolute atomic E-state index is 0.245. The zero-order valence-electron chi connectivity index (χ0n) is 16.9. The van der Waals surface area contributed by atoms with Crippen LogP contribution in [0.2, 0.25) is 0 Å². The van der Waals surface area contributed by atoms with Gasteiger partial charge in [0.05, 0.1) is 28.0 Å². The summed E-state index contributed by atoms with van der Waals surface area (Å²) in [6.45, 7) is 7.74. The summed E-state index contributed by atoms with van der Waals surface area (Å²) in [7, 11) is 0. The minimum Gasteiger partial charge on any atom is -0.379 e. The summed E-state index contributed by atoms with van der Waals surface area (Å²) < 4.78 is 9.10. The summed E-state index contributed by atoms with van der Waals surface area (Å²) in [4.78, 5) is 5.90. The smallest absolute Gasteiger partial charge is 0.197 e. The number of rotatable bonds is 7. The summed E-state index contributed by atoms with van der Waals surface area (Å²) >= 11 is 1.70. The zero-order chi connectivity index (χ0) is 20.4. The first-order valence-electron chi connectivity index (χ1n) is 9.84. The van der Waals surface area contributed by atoms with E-state index in [1.54, 1.807) is 11.3 Å². The molecule has 0 saturated heterocycles. The van der Waals surface area contributed by atoms with E-state index in [2.05, 4.69) is 54.8 Å². The van der Waals surface area contributed by atoms with Crippen molar-refractivity contribution in [1.29, 1.82) is 5.26 Å². The number of aromatic nitrogens is 2. The molecule has 0 aliphatic heterocycles. The summed E-state index contributed by atoms with van der Waals surface area (Å²) in [6, 6.07) is 16.3. The molecule has 0 saturated carbocycles. The Kier molecular flexibility index (Phi) is 5.52. The second-order valence-electron chi connectivity index (χ2n) is 7.39. The third-order valence-electron chi connectivity index (χ3n) is 4.76. The maximum atomic E-state index is 9.09. The van der Waals surface area contributed by atoms with Gasteiger partial charge >= 0.3 is 0 Å². The average Bonchev–Trinajstić information content (AvgIpc) is 3.23. The number of hydrogen-bond acceptors (Lipinski definition) is 5. The van der Waals surface area contributed by atoms with Crippen LogP contribution in [0.4, 0.5) is 5.82 Å². The summed E-state index contributed by atoms with van der Waals surface area (Å²) in [5, 5.41) is 12.7. The van der Waals surface area contributed by atoms with Crippen molar-refractivity contribution in [3.05, 3.63) is 53.6 Å². The molecule has 148 valence electrons. The van der Waals surface area contributed by atoms with Crippen molar-refractivity contribution in [2.75, 3.05) is 18.5 Å². The topological polar surface area (TPSA) is 62.3 Å². The second kappa shape index (κ2) is 8.24. The molecule has 0 fully saturated rings. The highest BCUT2D eigenvalue weighted by molar-refractivity contribution is 7.23. The molecule has 2 aromatic heterocycles. The van der Waals surface area contributed by atoms with Gasteiger partial charge in [-0.15, -0.1) is 0 Å². The number of thiazole rings is 1. The van der Waals surface area contributed by atoms with Crippen molar-refractivity contribution >= 4 is 32.3 Å². The number of aryl methyl sites for hydroxylation is 1. The van der Waals surface area contributed by atoms with E-state index < -0.39 is 0 Å². The van der Waals surface area contributed by atoms with Crippen molar-refractivity contribution in [3.63, 3.8) is 0 Å². The van der Waals surface area contributed by atoms with E-state index in [4.69, 9.17) is 15.0 Å². The van der Waals surface area contributed by atoms with E-state index in [-0.39, 0.29) is 6.10 Å². The second-order valence-corrected chi connectivity index (χ2v) is 8.40. The molecule has 0 bridgehead atoms. The third kappa shape index (κ3) is 3.98. The van der Waals surface area contributed by atoms with Crippen molar-refractivity contribution in [2.24, 2.45) is 0 Å². The fourth-order valence-corrected chi connectivity index (χ4v) is 4.47. The van der Waals surface area contributed by atoms with Crippen LogP contribution in [0.1, 0.15) is 31.4 Å². The maximum absolute atomic E-state index is 9.09. The zero-order valence-corrected chi connectivity index (χ0v) is 17.7. The number of anilines is 1. The van der Waals surface area contributed by atoms with Crippen molar-refractivity contribution in [3.8, 4) is 17.3 Å². The number of ether oxygens (including phenoxy) is 1. The van der Waals surface area contributed by atoms with Gasteiger partial charge in [-0.25, -0.2) is 4.98 Å². The Morgan fingerprint density at radius 2 is 2.00 bits per heavy atom. The first-order valence-corrected chi connectivity index (χ1v) is 10.7. The number of nitrogens with zero attached hydrogens (tertiary/aromatic N) is 3. The van der Waals surface area contributed by atoms with Gasteiger partial charge in [0.2, 0.25) is 0 Å². The van der Waals surface area contributed by atoms with E-state index in [0.717, 1.165) is 47.1 Å². The Morgan fingerprint density at radius 1 is 1.21 bits per heavy atom. The van der Waals surface area contributed by atoms with E-state index in [9.17, 15) is 0 Å². The van der Waals surface area contributed by atoms with E-state index >= 15 is 0 Å². The van der Waals surface area contributed by atoms with Crippen molar-refractivity contribution in [1.82, 2.24) is 9.38 Å². The molecular weight excluding hydrogens is 380 g/mol. The van der Waals surface area contributed by atoms with Gasteiger partial charge in [0.1, 0.15) is 11.5 Å². The molecule has 0 aliphatic rings. The van der Waals surface area contributed by atoms with Gasteiger partial charge in [0.15, 0.2) is 4.96 Å². The fraction of sp³-hybridized carbons (Fsp3) is 0.304. The average molecular weight is 405 g/mol. The Labute approximate surface area is 174 Å². The van der Waals surface area contributed by atoms with Crippen LogP contribution in [0.3, 0.4) is 0 Å². The standard InChI is InChI=1S/C23H24N4OS/c1-15(2)28-12-4-11-25-22-21(18-8-6-17(14-24)7-9-18)26-23-27(22)19-10-5-16(3)13-20(19)29-23/h5-10,13,15,25H,4,11-12H2,1-3H3. The third-order valence-corrected chi connectivity index (χ3v) is 5.76. The molecular formula is C23H24N4OS. The van der Waals surface area contributed by atoms with Gasteiger partial charge in [-0.1, -0.05) is 29.5 Å². The molecule has 0 amide bonds. The lowest BCUT2D eigenvalue weighted by atomic mass is 10.1. The molecule has 0 atom stereocenters. The molecule has 0 aliphatic carbocycles. The van der Waals surface area contributed by atoms with Crippen LogP contribution < -0.4 is 5.32 Å². The molecule has 29 heavy (non-hydrogen) atoms. The van der Waals surface area contributed by atoms with Gasteiger partial charge in [0, 0.05) is 18.7 Å². The Hall–Kier alpha value is -2.88. The monoisotopic (exact) mass is 404 g/mol. The number of imidazole rings is 1. The fourth-order valence-electron chi connectivity index (χ4n) is 3.34. The Bertz CT molecular complexity index is 1180. The number of hydrogen-bond donors (Lipinski definition) is 1. The molecule has 6 heteroatoms. The predicted molar refractivity (Wildman–Crippen MR) is 120 cm³/mol. The highest BCUT2D eigenvalue weighted by atomic mass is 32.1. The molecule has 5 nitrogen and oxygen atoms in total. The quantitative estimate of drug-likeness (QED) is 0.406. The molecule has 0 spiro atoms. The van der Waals surface area contributed by atoms with Crippen LogP contribution in [0.5, 0.6) is 0 Å². The van der Waals surface area contributed by atoms with Crippen LogP contribution >= 0.6 is 11.3 Å². The van der Waals surface area contributed by atoms with Gasteiger partial charge in [-0.2, -0.15) is 5.26 Å². The van der Waals surface area contributed by atoms with Crippen molar-refractivity contribution in [2.45, 2.75) is 33.3 Å². The number of nitriles is 1. The highest BCUT2D eigenvalue weighted by Crippen LogP contribution is 2.36. The first-order chi connectivity index (χ1) is 14.1. The number of fused-ring (bicyclic) bond motifs is 3. The van der Waals surface area contributed by atoms with Crippen LogP contribution in [0.15, 0.2) is 42.5 Å². The number of benzene rings is 2. The number of nitrogens with one attached hydrogen (secondary N) is 1. The molecule has 0 radical (unpaired) electrons. The lowest BCUT2D eigenvalue weighted by Crippen LogP contribution is -2.10. The van der Waals surface area contributed by atoms with Crippen LogP contribution in [0, 0.1) is 18.3 Å². The molecule has 2 heterocycles. The van der Waals surface area contributed by atoms with Gasteiger partial charge in [0.25, 0.3) is 0 Å². The Balaban J connectivity index is 1.74. The van der Waals surface area contributed by atoms with Gasteiger partial charge in [-0.05, 0) is 57.0 Å². The highest BCUT2D eigenvalue weighted by Gasteiger charge is 2.18. The van der Waals surface area contributed by atoms with Crippen LogP contribution in [-0.4, -0.2) is 28.6 Å². The summed E-state index contributed by atoms with van der Waals surface area (Å²) in [5.74, 6) is 0.990. The summed E-state index contributed by atoms with van der Waals surface area (Å²) in [5.41, 5.74) is 4.96. The van der Waals surface area contributed by atoms with Gasteiger partial charge in [-0.3, -0.25) is 4.40 Å². The first kappa shape index (κ1) is 19.4. The normalized spacial score (nSPS) is 11.4. The maximum Gasteiger partial charge on any atom is 0.197 e. The van der Waals surface area contributed by atoms with E-state index in [1.807, 2.05) is 24.3 Å². The van der Waals surface area contributed by atoms with E-state index in [0.29, 0.717) is 5.56 Å². The molecule has 1 N–H and O–H groups in total. The van der Waals surface area contributed by atoms with Crippen LogP contribution in [0.25, 0.3) is 26.4 Å². The molecule has 4 aromatic rings. The lowest BCUT2D eigenvalue weighted by molar-refractivity contribution is 0.0787. The predicted octanol–water partition coefficient (Wildman–Crippen LogP) is 5.62. The van der Waals surface area contributed by atoms with Crippen molar-refractivity contribution < 1.29 is 4.74 Å². The SMILES string of the molecule is Cc1ccc2c(c1)sc1nc(-c3ccc(C#N)cc3)c(NCCCOC(C)C)n12. The largest absolute Gasteiger partial charge is 0.379 e. The molecule has 4 rings (SSSR count). The lowest BCUT2D eigenvalue weighted by Gasteiger charge is -2.11. The minimum atomic E-state index is 0.245. The van der Waals surface area contributed by atoms with Crippen LogP contribution in [-0.2, 0) is 4.74 Å².